The van der Waals surface area contributed by atoms with Crippen LogP contribution in [-0.2, 0) is 0 Å². The number of rotatable bonds is 12. The first kappa shape index (κ1) is 19.6. The monoisotopic (exact) mass is 349 g/mol. The maximum Gasteiger partial charge on any atom is 0.0226 e. The molecule has 4 atom stereocenters. The molecule has 146 valence electrons. The van der Waals surface area contributed by atoms with E-state index in [0.29, 0.717) is 0 Å². The van der Waals surface area contributed by atoms with E-state index in [1.165, 1.54) is 97.3 Å². The zero-order valence-corrected chi connectivity index (χ0v) is 17.3. The fraction of sp³-hybridized carbons (Fsp3) is 1.00. The summed E-state index contributed by atoms with van der Waals surface area (Å²) in [5.41, 5.74) is 0. The van der Waals surface area contributed by atoms with Gasteiger partial charge in [-0.3, -0.25) is 4.90 Å². The lowest BCUT2D eigenvalue weighted by molar-refractivity contribution is 0.0753. The fourth-order valence-corrected chi connectivity index (χ4v) is 5.10. The Bertz CT molecular complexity index is 373. The lowest BCUT2D eigenvalue weighted by Crippen LogP contribution is -2.47. The molecule has 25 heavy (non-hydrogen) atoms. The van der Waals surface area contributed by atoms with E-state index in [2.05, 4.69) is 35.5 Å². The van der Waals surface area contributed by atoms with Crippen molar-refractivity contribution in [2.75, 3.05) is 52.4 Å². The lowest BCUT2D eigenvalue weighted by Gasteiger charge is -2.41. The fourth-order valence-electron chi connectivity index (χ4n) is 5.10. The van der Waals surface area contributed by atoms with Gasteiger partial charge in [0.2, 0.25) is 0 Å². The molecule has 0 saturated carbocycles. The molecule has 0 radical (unpaired) electrons. The summed E-state index contributed by atoms with van der Waals surface area (Å²) in [5, 5.41) is 0. The van der Waals surface area contributed by atoms with Crippen molar-refractivity contribution in [1.82, 2.24) is 14.7 Å². The average Bonchev–Trinajstić information content (AvgIpc) is 3.07. The van der Waals surface area contributed by atoms with E-state index in [4.69, 9.17) is 0 Å². The highest BCUT2D eigenvalue weighted by atomic mass is 15.3. The third-order valence-electron chi connectivity index (χ3n) is 6.86. The Hall–Kier alpha value is -0.120. The Morgan fingerprint density at radius 2 is 1.44 bits per heavy atom. The standard InChI is InChI=1S/C22H43N3/c1-4-9-25-18-22(25)15-20(3)8-13-24-16-21(17-24)14-19(2)7-12-23-10-5-6-11-23/h19-22H,4-18H2,1-3H3. The predicted octanol–water partition coefficient (Wildman–Crippen LogP) is 3.94. The summed E-state index contributed by atoms with van der Waals surface area (Å²) in [6, 6.07) is 0.926. The summed E-state index contributed by atoms with van der Waals surface area (Å²) in [7, 11) is 0. The molecular weight excluding hydrogens is 306 g/mol. The molecule has 3 fully saturated rings. The first-order valence-corrected chi connectivity index (χ1v) is 11.3. The van der Waals surface area contributed by atoms with Crippen LogP contribution in [0.15, 0.2) is 0 Å². The zero-order valence-electron chi connectivity index (χ0n) is 17.3. The Kier molecular flexibility index (Phi) is 7.63. The number of hydrogen-bond donors (Lipinski definition) is 0. The lowest BCUT2D eigenvalue weighted by atomic mass is 9.87. The molecule has 0 spiro atoms. The zero-order chi connectivity index (χ0) is 17.6. The van der Waals surface area contributed by atoms with Crippen LogP contribution >= 0.6 is 0 Å². The molecule has 3 nitrogen and oxygen atoms in total. The summed E-state index contributed by atoms with van der Waals surface area (Å²) < 4.78 is 0. The van der Waals surface area contributed by atoms with Crippen molar-refractivity contribution < 1.29 is 0 Å². The number of likely N-dealkylation sites (tertiary alicyclic amines) is 2. The minimum absolute atomic E-state index is 0.908. The van der Waals surface area contributed by atoms with Gasteiger partial charge in [-0.15, -0.1) is 0 Å². The molecule has 0 aromatic rings. The molecule has 3 aliphatic rings. The van der Waals surface area contributed by atoms with Gasteiger partial charge in [-0.25, -0.2) is 0 Å². The third-order valence-corrected chi connectivity index (χ3v) is 6.86. The Morgan fingerprint density at radius 3 is 2.12 bits per heavy atom. The smallest absolute Gasteiger partial charge is 0.0226 e. The van der Waals surface area contributed by atoms with Crippen molar-refractivity contribution in [1.29, 1.82) is 0 Å². The van der Waals surface area contributed by atoms with Gasteiger partial charge in [-0.2, -0.15) is 0 Å². The highest BCUT2D eigenvalue weighted by molar-refractivity contribution is 4.90. The summed E-state index contributed by atoms with van der Waals surface area (Å²) in [6.45, 7) is 18.1. The molecule has 3 heteroatoms. The van der Waals surface area contributed by atoms with E-state index in [1.807, 2.05) is 0 Å². The van der Waals surface area contributed by atoms with Crippen molar-refractivity contribution in [3.8, 4) is 0 Å². The second-order valence-corrected chi connectivity index (χ2v) is 9.58. The Balaban J connectivity index is 1.18. The predicted molar refractivity (Wildman–Crippen MR) is 108 cm³/mol. The van der Waals surface area contributed by atoms with E-state index >= 15 is 0 Å². The van der Waals surface area contributed by atoms with Gasteiger partial charge in [-0.05, 0) is 95.4 Å². The van der Waals surface area contributed by atoms with Crippen LogP contribution in [0.2, 0.25) is 0 Å². The molecule has 3 aliphatic heterocycles. The maximum atomic E-state index is 2.71. The molecule has 0 aromatic carbocycles. The molecule has 3 saturated heterocycles. The topological polar surface area (TPSA) is 9.49 Å². The Labute approximate surface area is 157 Å². The highest BCUT2D eigenvalue weighted by Crippen LogP contribution is 2.28. The molecule has 0 aliphatic carbocycles. The quantitative estimate of drug-likeness (QED) is 0.494. The summed E-state index contributed by atoms with van der Waals surface area (Å²) in [4.78, 5) is 8.04. The van der Waals surface area contributed by atoms with E-state index in [0.717, 1.165) is 23.8 Å². The second-order valence-electron chi connectivity index (χ2n) is 9.58. The van der Waals surface area contributed by atoms with Crippen LogP contribution in [0.5, 0.6) is 0 Å². The summed E-state index contributed by atoms with van der Waals surface area (Å²) >= 11 is 0. The van der Waals surface area contributed by atoms with Crippen LogP contribution in [0.3, 0.4) is 0 Å². The van der Waals surface area contributed by atoms with Crippen molar-refractivity contribution in [2.24, 2.45) is 17.8 Å². The number of hydrogen-bond acceptors (Lipinski definition) is 3. The SMILES string of the molecule is CCCN1CC1CC(C)CCN1CC(CC(C)CCN2CCCC2)C1. The summed E-state index contributed by atoms with van der Waals surface area (Å²) in [6.07, 6.45) is 9.91. The van der Waals surface area contributed by atoms with Crippen molar-refractivity contribution >= 4 is 0 Å². The molecule has 0 N–H and O–H groups in total. The van der Waals surface area contributed by atoms with Crippen LogP contribution < -0.4 is 0 Å². The van der Waals surface area contributed by atoms with E-state index < -0.39 is 0 Å². The van der Waals surface area contributed by atoms with Crippen LogP contribution in [0.25, 0.3) is 0 Å². The van der Waals surface area contributed by atoms with Crippen LogP contribution in [0, 0.1) is 17.8 Å². The van der Waals surface area contributed by atoms with Gasteiger partial charge in [0.1, 0.15) is 0 Å². The van der Waals surface area contributed by atoms with Crippen molar-refractivity contribution in [3.05, 3.63) is 0 Å². The highest BCUT2D eigenvalue weighted by Gasteiger charge is 2.34. The van der Waals surface area contributed by atoms with Gasteiger partial charge in [0.15, 0.2) is 0 Å². The normalized spacial score (nSPS) is 30.4. The van der Waals surface area contributed by atoms with Crippen LogP contribution in [0.1, 0.15) is 65.7 Å². The second kappa shape index (κ2) is 9.71. The van der Waals surface area contributed by atoms with Gasteiger partial charge >= 0.3 is 0 Å². The third kappa shape index (κ3) is 6.52. The molecular formula is C22H43N3. The van der Waals surface area contributed by atoms with Gasteiger partial charge in [0, 0.05) is 25.7 Å². The van der Waals surface area contributed by atoms with Crippen molar-refractivity contribution in [3.63, 3.8) is 0 Å². The average molecular weight is 350 g/mol. The first-order valence-electron chi connectivity index (χ1n) is 11.3. The molecule has 0 bridgehead atoms. The molecule has 4 unspecified atom stereocenters. The van der Waals surface area contributed by atoms with E-state index in [-0.39, 0.29) is 0 Å². The molecule has 3 heterocycles. The largest absolute Gasteiger partial charge is 0.303 e. The summed E-state index contributed by atoms with van der Waals surface area (Å²) in [5.74, 6) is 2.82. The Morgan fingerprint density at radius 1 is 0.800 bits per heavy atom. The van der Waals surface area contributed by atoms with Crippen molar-refractivity contribution in [2.45, 2.75) is 71.8 Å². The molecule has 0 amide bonds. The van der Waals surface area contributed by atoms with E-state index in [9.17, 15) is 0 Å². The minimum Gasteiger partial charge on any atom is -0.303 e. The van der Waals surface area contributed by atoms with Crippen LogP contribution in [-0.4, -0.2) is 73.1 Å². The van der Waals surface area contributed by atoms with Gasteiger partial charge < -0.3 is 9.80 Å². The molecule has 3 rings (SSSR count). The van der Waals surface area contributed by atoms with Gasteiger partial charge in [0.05, 0.1) is 0 Å². The minimum atomic E-state index is 0.908. The first-order chi connectivity index (χ1) is 12.1. The van der Waals surface area contributed by atoms with Crippen LogP contribution in [0.4, 0.5) is 0 Å². The maximum absolute atomic E-state index is 2.71. The van der Waals surface area contributed by atoms with Gasteiger partial charge in [0.25, 0.3) is 0 Å². The van der Waals surface area contributed by atoms with E-state index in [1.54, 1.807) is 0 Å². The van der Waals surface area contributed by atoms with Gasteiger partial charge in [-0.1, -0.05) is 20.8 Å². The molecule has 0 aromatic heterocycles. The number of nitrogens with zero attached hydrogens (tertiary/aromatic N) is 3.